The molecule has 0 saturated heterocycles. The second-order valence-corrected chi connectivity index (χ2v) is 7.06. The Morgan fingerprint density at radius 1 is 0.826 bits per heavy atom. The van der Waals surface area contributed by atoms with E-state index in [1.807, 2.05) is 30.3 Å². The molecule has 4 aromatic rings. The van der Waals surface area contributed by atoms with Gasteiger partial charge < -0.3 is 4.42 Å². The first-order valence-corrected chi connectivity index (χ1v) is 7.84. The van der Waals surface area contributed by atoms with Crippen molar-refractivity contribution in [3.63, 3.8) is 0 Å². The van der Waals surface area contributed by atoms with Gasteiger partial charge in [0.05, 0.1) is 5.39 Å². The minimum absolute atomic E-state index is 0.00561. The summed E-state index contributed by atoms with van der Waals surface area (Å²) in [7, 11) is 0. The monoisotopic (exact) mass is 302 g/mol. The summed E-state index contributed by atoms with van der Waals surface area (Å²) in [5.74, 6) is 0. The smallest absolute Gasteiger partial charge is 0.344 e. The fourth-order valence-electron chi connectivity index (χ4n) is 3.17. The number of benzene rings is 3. The molecule has 0 fully saturated rings. The fourth-order valence-corrected chi connectivity index (χ4v) is 3.17. The lowest BCUT2D eigenvalue weighted by molar-refractivity contribution is 0.568. The van der Waals surface area contributed by atoms with Gasteiger partial charge in [-0.1, -0.05) is 63.2 Å². The fraction of sp³-hybridized carbons (Fsp3) is 0.190. The molecule has 0 radical (unpaired) electrons. The molecule has 0 unspecified atom stereocenters. The summed E-state index contributed by atoms with van der Waals surface area (Å²) >= 11 is 0. The molecule has 0 aliphatic carbocycles. The third-order valence-electron chi connectivity index (χ3n) is 4.47. The molecule has 0 saturated carbocycles. The second-order valence-electron chi connectivity index (χ2n) is 7.06. The number of fused-ring (bicyclic) bond motifs is 5. The Morgan fingerprint density at radius 2 is 1.61 bits per heavy atom. The molecule has 23 heavy (non-hydrogen) atoms. The molecular weight excluding hydrogens is 284 g/mol. The van der Waals surface area contributed by atoms with Crippen LogP contribution in [0.2, 0.25) is 0 Å². The maximum Gasteiger partial charge on any atom is 0.344 e. The van der Waals surface area contributed by atoms with Gasteiger partial charge in [0.2, 0.25) is 0 Å². The summed E-state index contributed by atoms with van der Waals surface area (Å²) in [4.78, 5) is 12.4. The van der Waals surface area contributed by atoms with Crippen LogP contribution in [-0.2, 0) is 5.41 Å². The Bertz CT molecular complexity index is 1110. The predicted octanol–water partition coefficient (Wildman–Crippen LogP) is 5.40. The molecule has 3 aromatic carbocycles. The Kier molecular flexibility index (Phi) is 2.86. The summed E-state index contributed by atoms with van der Waals surface area (Å²) in [6.07, 6.45) is 0. The van der Waals surface area contributed by atoms with E-state index in [9.17, 15) is 4.79 Å². The first kappa shape index (κ1) is 14.0. The third-order valence-corrected chi connectivity index (χ3v) is 4.47. The third kappa shape index (κ3) is 2.14. The van der Waals surface area contributed by atoms with E-state index in [0.717, 1.165) is 27.1 Å². The highest BCUT2D eigenvalue weighted by Crippen LogP contribution is 2.32. The van der Waals surface area contributed by atoms with Crippen molar-refractivity contribution in [2.75, 3.05) is 0 Å². The number of hydrogen-bond acceptors (Lipinski definition) is 2. The Hall–Kier alpha value is -2.61. The van der Waals surface area contributed by atoms with E-state index in [1.165, 1.54) is 0 Å². The molecule has 2 nitrogen and oxygen atoms in total. The predicted molar refractivity (Wildman–Crippen MR) is 96.2 cm³/mol. The second kappa shape index (κ2) is 4.69. The van der Waals surface area contributed by atoms with Crippen molar-refractivity contribution in [2.24, 2.45) is 0 Å². The molecular formula is C21H18O2. The molecule has 0 spiro atoms. The zero-order valence-corrected chi connectivity index (χ0v) is 13.5. The normalized spacial score (nSPS) is 12.3. The van der Waals surface area contributed by atoms with Crippen LogP contribution >= 0.6 is 0 Å². The lowest BCUT2D eigenvalue weighted by Crippen LogP contribution is -2.12. The van der Waals surface area contributed by atoms with E-state index in [4.69, 9.17) is 4.42 Å². The first-order chi connectivity index (χ1) is 10.9. The Morgan fingerprint density at radius 3 is 2.39 bits per heavy atom. The van der Waals surface area contributed by atoms with Gasteiger partial charge in [-0.3, -0.25) is 0 Å². The topological polar surface area (TPSA) is 30.2 Å². The van der Waals surface area contributed by atoms with Gasteiger partial charge in [-0.25, -0.2) is 4.79 Å². The summed E-state index contributed by atoms with van der Waals surface area (Å²) in [6.45, 7) is 6.44. The average Bonchev–Trinajstić information content (AvgIpc) is 2.53. The van der Waals surface area contributed by atoms with Gasteiger partial charge in [-0.15, -0.1) is 0 Å². The molecule has 1 heterocycles. The minimum atomic E-state index is -0.270. The quantitative estimate of drug-likeness (QED) is 0.322. The molecule has 0 atom stereocenters. The highest BCUT2D eigenvalue weighted by atomic mass is 16.4. The summed E-state index contributed by atoms with van der Waals surface area (Å²) < 4.78 is 5.60. The highest BCUT2D eigenvalue weighted by molar-refractivity contribution is 6.18. The van der Waals surface area contributed by atoms with Gasteiger partial charge in [-0.2, -0.15) is 0 Å². The van der Waals surface area contributed by atoms with Crippen LogP contribution in [0, 0.1) is 0 Å². The van der Waals surface area contributed by atoms with Crippen LogP contribution in [0.15, 0.2) is 63.8 Å². The standard InChI is InChI=1S/C21H18O2/c1-21(2,3)14-9-10-16-17(12-14)20(22)23-18-11-8-13-6-4-5-7-15(13)19(16)18/h4-12H,1-3H3. The largest absolute Gasteiger partial charge is 0.422 e. The van der Waals surface area contributed by atoms with E-state index < -0.39 is 0 Å². The zero-order chi connectivity index (χ0) is 16.2. The lowest BCUT2D eigenvalue weighted by atomic mass is 9.85. The van der Waals surface area contributed by atoms with Gasteiger partial charge in [0.25, 0.3) is 0 Å². The minimum Gasteiger partial charge on any atom is -0.422 e. The lowest BCUT2D eigenvalue weighted by Gasteiger charge is -2.19. The molecule has 0 N–H and O–H groups in total. The van der Waals surface area contributed by atoms with Crippen molar-refractivity contribution < 1.29 is 4.42 Å². The van der Waals surface area contributed by atoms with Crippen LogP contribution in [0.3, 0.4) is 0 Å². The van der Waals surface area contributed by atoms with E-state index in [0.29, 0.717) is 11.0 Å². The zero-order valence-electron chi connectivity index (χ0n) is 13.5. The van der Waals surface area contributed by atoms with Gasteiger partial charge >= 0.3 is 5.63 Å². The van der Waals surface area contributed by atoms with Crippen molar-refractivity contribution in [2.45, 2.75) is 26.2 Å². The summed E-state index contributed by atoms with van der Waals surface area (Å²) in [5.41, 5.74) is 1.50. The van der Waals surface area contributed by atoms with Crippen LogP contribution in [0.4, 0.5) is 0 Å². The maximum absolute atomic E-state index is 12.4. The van der Waals surface area contributed by atoms with E-state index in [1.54, 1.807) is 0 Å². The van der Waals surface area contributed by atoms with Crippen LogP contribution in [0.25, 0.3) is 32.5 Å². The summed E-state index contributed by atoms with van der Waals surface area (Å²) in [6, 6.07) is 18.2. The van der Waals surface area contributed by atoms with E-state index in [2.05, 4.69) is 45.0 Å². The van der Waals surface area contributed by atoms with Crippen LogP contribution < -0.4 is 5.63 Å². The molecule has 114 valence electrons. The van der Waals surface area contributed by atoms with Crippen LogP contribution in [0.1, 0.15) is 26.3 Å². The van der Waals surface area contributed by atoms with Gasteiger partial charge in [0.1, 0.15) is 5.58 Å². The Balaban J connectivity index is 2.23. The number of rotatable bonds is 0. The highest BCUT2D eigenvalue weighted by Gasteiger charge is 2.17. The van der Waals surface area contributed by atoms with E-state index in [-0.39, 0.29) is 11.0 Å². The van der Waals surface area contributed by atoms with Crippen LogP contribution in [0.5, 0.6) is 0 Å². The van der Waals surface area contributed by atoms with Gasteiger partial charge in [0, 0.05) is 10.8 Å². The molecule has 2 heteroatoms. The van der Waals surface area contributed by atoms with Crippen molar-refractivity contribution in [1.29, 1.82) is 0 Å². The van der Waals surface area contributed by atoms with Crippen LogP contribution in [-0.4, -0.2) is 0 Å². The average molecular weight is 302 g/mol. The molecule has 4 rings (SSSR count). The van der Waals surface area contributed by atoms with E-state index >= 15 is 0 Å². The molecule has 0 aliphatic rings. The van der Waals surface area contributed by atoms with Gasteiger partial charge in [0.15, 0.2) is 0 Å². The summed E-state index contributed by atoms with van der Waals surface area (Å²) in [5, 5.41) is 4.89. The van der Waals surface area contributed by atoms with Crippen molar-refractivity contribution in [1.82, 2.24) is 0 Å². The molecule has 0 aliphatic heterocycles. The molecule has 0 bridgehead atoms. The van der Waals surface area contributed by atoms with Gasteiger partial charge in [-0.05, 0) is 33.9 Å². The first-order valence-electron chi connectivity index (χ1n) is 7.84. The van der Waals surface area contributed by atoms with Crippen molar-refractivity contribution in [3.8, 4) is 0 Å². The Labute approximate surface area is 134 Å². The van der Waals surface area contributed by atoms with Crippen molar-refractivity contribution >= 4 is 32.5 Å². The molecule has 0 amide bonds. The SMILES string of the molecule is CC(C)(C)c1ccc2c(c1)c(=O)oc1ccc3ccccc3c12. The number of hydrogen-bond donors (Lipinski definition) is 0. The van der Waals surface area contributed by atoms with Crippen molar-refractivity contribution in [3.05, 3.63) is 70.6 Å². The maximum atomic E-state index is 12.4. The molecule has 1 aromatic heterocycles.